The minimum absolute atomic E-state index is 0.261. The highest BCUT2D eigenvalue weighted by atomic mass is 32.2. The van der Waals surface area contributed by atoms with Gasteiger partial charge in [-0.25, -0.2) is 4.40 Å². The molecular weight excluding hydrogens is 204 g/mol. The maximum atomic E-state index is 4.72. The Morgan fingerprint density at radius 1 is 1.33 bits per heavy atom. The van der Waals surface area contributed by atoms with Crippen molar-refractivity contribution < 1.29 is 0 Å². The van der Waals surface area contributed by atoms with Crippen molar-refractivity contribution in [3.63, 3.8) is 0 Å². The topological polar surface area (TPSA) is 24.4 Å². The molecule has 15 heavy (non-hydrogen) atoms. The first kappa shape index (κ1) is 11.5. The molecular formula is C12H22N2S. The molecule has 0 aromatic heterocycles. The smallest absolute Gasteiger partial charge is 0.0294 e. The van der Waals surface area contributed by atoms with Crippen LogP contribution >= 0.6 is 11.9 Å². The van der Waals surface area contributed by atoms with E-state index in [1.54, 1.807) is 11.9 Å². The van der Waals surface area contributed by atoms with Crippen LogP contribution in [0.3, 0.4) is 0 Å². The van der Waals surface area contributed by atoms with E-state index in [1.165, 1.54) is 44.5 Å². The summed E-state index contributed by atoms with van der Waals surface area (Å²) < 4.78 is 4.98. The van der Waals surface area contributed by atoms with E-state index >= 15 is 0 Å². The summed E-state index contributed by atoms with van der Waals surface area (Å²) >= 11 is 1.74. The molecule has 0 bridgehead atoms. The Morgan fingerprint density at radius 2 is 2.13 bits per heavy atom. The fraction of sp³-hybridized carbons (Fsp3) is 0.917. The first-order valence-electron chi connectivity index (χ1n) is 5.94. The third-order valence-corrected chi connectivity index (χ3v) is 4.20. The molecule has 2 aliphatic rings. The number of hydrogen-bond acceptors (Lipinski definition) is 3. The van der Waals surface area contributed by atoms with Gasteiger partial charge in [0.25, 0.3) is 0 Å². The van der Waals surface area contributed by atoms with Crippen molar-refractivity contribution in [1.82, 2.24) is 5.32 Å². The maximum absolute atomic E-state index is 4.72. The van der Waals surface area contributed by atoms with Gasteiger partial charge in [0, 0.05) is 17.0 Å². The molecule has 0 aromatic rings. The van der Waals surface area contributed by atoms with Crippen molar-refractivity contribution in [1.29, 1.82) is 0 Å². The molecule has 3 heteroatoms. The van der Waals surface area contributed by atoms with Crippen LogP contribution < -0.4 is 5.32 Å². The highest BCUT2D eigenvalue weighted by Gasteiger charge is 2.39. The zero-order chi connectivity index (χ0) is 10.9. The second kappa shape index (κ2) is 4.10. The predicted octanol–water partition coefficient (Wildman–Crippen LogP) is 3.04. The third kappa shape index (κ3) is 2.97. The molecule has 0 amide bonds. The van der Waals surface area contributed by atoms with Crippen molar-refractivity contribution in [3.05, 3.63) is 0 Å². The van der Waals surface area contributed by atoms with E-state index in [9.17, 15) is 0 Å². The number of nitrogens with zero attached hydrogens (tertiary/aromatic N) is 1. The third-order valence-electron chi connectivity index (χ3n) is 3.30. The van der Waals surface area contributed by atoms with Gasteiger partial charge in [-0.05, 0) is 70.4 Å². The lowest BCUT2D eigenvalue weighted by Crippen LogP contribution is -2.20. The molecule has 2 nitrogen and oxygen atoms in total. The largest absolute Gasteiger partial charge is 0.316 e. The lowest BCUT2D eigenvalue weighted by molar-refractivity contribution is 0.346. The molecule has 0 radical (unpaired) electrons. The van der Waals surface area contributed by atoms with E-state index < -0.39 is 0 Å². The molecule has 1 saturated heterocycles. The first-order valence-corrected chi connectivity index (χ1v) is 6.71. The summed E-state index contributed by atoms with van der Waals surface area (Å²) in [6.45, 7) is 9.10. The van der Waals surface area contributed by atoms with Crippen LogP contribution in [0.4, 0.5) is 0 Å². The summed E-state index contributed by atoms with van der Waals surface area (Å²) in [6, 6.07) is 0. The number of hydrogen-bond donors (Lipinski definition) is 1. The summed E-state index contributed by atoms with van der Waals surface area (Å²) in [7, 11) is 0. The van der Waals surface area contributed by atoms with Crippen LogP contribution in [-0.2, 0) is 0 Å². The van der Waals surface area contributed by atoms with Crippen molar-refractivity contribution in [2.75, 3.05) is 13.1 Å². The van der Waals surface area contributed by atoms with Gasteiger partial charge >= 0.3 is 0 Å². The van der Waals surface area contributed by atoms with Gasteiger partial charge < -0.3 is 5.32 Å². The second-order valence-corrected chi connectivity index (χ2v) is 7.55. The summed E-state index contributed by atoms with van der Waals surface area (Å²) in [4.78, 5) is 0. The molecule has 1 heterocycles. The van der Waals surface area contributed by atoms with Crippen LogP contribution in [0.25, 0.3) is 0 Å². The van der Waals surface area contributed by atoms with Crippen LogP contribution in [0.5, 0.6) is 0 Å². The lowest BCUT2D eigenvalue weighted by atomic mass is 9.86. The van der Waals surface area contributed by atoms with Gasteiger partial charge in [0.1, 0.15) is 0 Å². The standard InChI is InChI=1S/C12H22N2S/c1-11(2,3)15-14-10-4-5-12(8-10)6-7-13-9-12/h13H,4-9H2,1-3H3/b14-10+. The van der Waals surface area contributed by atoms with Crippen molar-refractivity contribution >= 4 is 17.7 Å². The molecule has 2 fully saturated rings. The zero-order valence-electron chi connectivity index (χ0n) is 10.1. The summed E-state index contributed by atoms with van der Waals surface area (Å²) in [5, 5.41) is 3.49. The zero-order valence-corrected chi connectivity index (χ0v) is 10.9. The van der Waals surface area contributed by atoms with Gasteiger partial charge in [0.15, 0.2) is 0 Å². The fourth-order valence-corrected chi connectivity index (χ4v) is 3.02. The fourth-order valence-electron chi connectivity index (χ4n) is 2.46. The van der Waals surface area contributed by atoms with Crippen molar-refractivity contribution in [2.24, 2.45) is 9.81 Å². The number of nitrogens with one attached hydrogen (secondary N) is 1. The Kier molecular flexibility index (Phi) is 3.13. The van der Waals surface area contributed by atoms with Gasteiger partial charge in [-0.3, -0.25) is 0 Å². The SMILES string of the molecule is CC(C)(C)S/N=C1\CCC2(CCNC2)C1. The van der Waals surface area contributed by atoms with E-state index in [0.717, 1.165) is 0 Å². The molecule has 1 aliphatic carbocycles. The van der Waals surface area contributed by atoms with Crippen LogP contribution in [0.1, 0.15) is 46.5 Å². The Hall–Kier alpha value is -0.0200. The highest BCUT2D eigenvalue weighted by Crippen LogP contribution is 2.42. The van der Waals surface area contributed by atoms with Gasteiger partial charge in [-0.1, -0.05) is 0 Å². The molecule has 1 atom stereocenters. The minimum atomic E-state index is 0.261. The predicted molar refractivity (Wildman–Crippen MR) is 68.5 cm³/mol. The Bertz CT molecular complexity index is 259. The van der Waals surface area contributed by atoms with Crippen molar-refractivity contribution in [2.45, 2.75) is 51.2 Å². The summed E-state index contributed by atoms with van der Waals surface area (Å²) in [5.41, 5.74) is 2.02. The molecule has 86 valence electrons. The minimum Gasteiger partial charge on any atom is -0.316 e. The van der Waals surface area contributed by atoms with Gasteiger partial charge in [0.05, 0.1) is 0 Å². The van der Waals surface area contributed by atoms with Crippen LogP contribution in [0.2, 0.25) is 0 Å². The Labute approximate surface area is 97.4 Å². The highest BCUT2D eigenvalue weighted by molar-refractivity contribution is 7.99. The summed E-state index contributed by atoms with van der Waals surface area (Å²) in [6.07, 6.45) is 5.17. The molecule has 1 N–H and O–H groups in total. The average Bonchev–Trinajstić information content (AvgIpc) is 2.73. The molecule has 1 spiro atoms. The molecule has 1 aliphatic heterocycles. The summed E-state index contributed by atoms with van der Waals surface area (Å²) in [5.74, 6) is 0. The quantitative estimate of drug-likeness (QED) is 0.695. The van der Waals surface area contributed by atoms with Crippen molar-refractivity contribution in [3.8, 4) is 0 Å². The first-order chi connectivity index (χ1) is 6.99. The molecule has 0 aromatic carbocycles. The normalized spacial score (nSPS) is 34.5. The average molecular weight is 226 g/mol. The Balaban J connectivity index is 1.92. The Morgan fingerprint density at radius 3 is 2.73 bits per heavy atom. The molecule has 1 saturated carbocycles. The van der Waals surface area contributed by atoms with Gasteiger partial charge in [0.2, 0.25) is 0 Å². The lowest BCUT2D eigenvalue weighted by Gasteiger charge is -2.19. The van der Waals surface area contributed by atoms with E-state index in [2.05, 4.69) is 26.1 Å². The van der Waals surface area contributed by atoms with Crippen LogP contribution in [-0.4, -0.2) is 23.5 Å². The second-order valence-electron chi connectivity index (χ2n) is 5.96. The van der Waals surface area contributed by atoms with Crippen LogP contribution in [0.15, 0.2) is 4.40 Å². The van der Waals surface area contributed by atoms with E-state index in [1.807, 2.05) is 0 Å². The molecule has 1 unspecified atom stereocenters. The number of rotatable bonds is 1. The molecule has 2 rings (SSSR count). The van der Waals surface area contributed by atoms with E-state index in [4.69, 9.17) is 4.40 Å². The van der Waals surface area contributed by atoms with Gasteiger partial charge in [-0.2, -0.15) is 0 Å². The van der Waals surface area contributed by atoms with Crippen LogP contribution in [0, 0.1) is 5.41 Å². The van der Waals surface area contributed by atoms with Gasteiger partial charge in [-0.15, -0.1) is 0 Å². The van der Waals surface area contributed by atoms with E-state index in [0.29, 0.717) is 5.41 Å². The van der Waals surface area contributed by atoms with E-state index in [-0.39, 0.29) is 4.75 Å². The maximum Gasteiger partial charge on any atom is 0.0294 e. The monoisotopic (exact) mass is 226 g/mol.